The van der Waals surface area contributed by atoms with E-state index in [0.717, 1.165) is 17.2 Å². The molecule has 0 saturated carbocycles. The zero-order valence-electron chi connectivity index (χ0n) is 13.5. The van der Waals surface area contributed by atoms with Crippen LogP contribution in [0.3, 0.4) is 0 Å². The Kier molecular flexibility index (Phi) is 3.57. The van der Waals surface area contributed by atoms with Gasteiger partial charge in [-0.25, -0.2) is 13.8 Å². The number of aryl methyl sites for hydroxylation is 1. The molecule has 2 heterocycles. The van der Waals surface area contributed by atoms with Crippen LogP contribution in [0.4, 0.5) is 0 Å². The second kappa shape index (κ2) is 5.21. The van der Waals surface area contributed by atoms with Gasteiger partial charge in [0.15, 0.2) is 9.84 Å². The number of para-hydroxylation sites is 1. The Morgan fingerprint density at radius 2 is 1.83 bits per heavy atom. The molecule has 6 nitrogen and oxygen atoms in total. The van der Waals surface area contributed by atoms with Crippen LogP contribution in [0.25, 0.3) is 16.5 Å². The summed E-state index contributed by atoms with van der Waals surface area (Å²) in [6, 6.07) is 7.17. The van der Waals surface area contributed by atoms with E-state index in [9.17, 15) is 13.2 Å². The minimum Gasteiger partial charge on any atom is -0.350 e. The number of benzene rings is 1. The van der Waals surface area contributed by atoms with Gasteiger partial charge in [0.2, 0.25) is 0 Å². The molecule has 0 saturated heterocycles. The molecule has 3 rings (SSSR count). The fourth-order valence-corrected chi connectivity index (χ4v) is 4.46. The Bertz CT molecular complexity index is 941. The lowest BCUT2D eigenvalue weighted by molar-refractivity contribution is -0.127. The molecule has 1 N–H and O–H groups in total. The van der Waals surface area contributed by atoms with E-state index in [-0.39, 0.29) is 16.4 Å². The fraction of sp³-hybridized carbons (Fsp3) is 0.312. The Hall–Kier alpha value is -2.12. The minimum absolute atomic E-state index is 0.136. The van der Waals surface area contributed by atoms with E-state index in [0.29, 0.717) is 5.56 Å². The summed E-state index contributed by atoms with van der Waals surface area (Å²) in [6.45, 7) is 1.74. The van der Waals surface area contributed by atoms with Crippen LogP contribution >= 0.6 is 0 Å². The first-order chi connectivity index (χ1) is 10.7. The van der Waals surface area contributed by atoms with Gasteiger partial charge in [-0.05, 0) is 13.0 Å². The van der Waals surface area contributed by atoms with Crippen LogP contribution in [0.1, 0.15) is 12.5 Å². The molecule has 1 amide bonds. The highest BCUT2D eigenvalue weighted by atomic mass is 32.2. The number of hydrazine groups is 1. The summed E-state index contributed by atoms with van der Waals surface area (Å²) in [7, 11) is -0.0474. The molecule has 2 aromatic rings. The van der Waals surface area contributed by atoms with Crippen LogP contribution in [-0.4, -0.2) is 43.2 Å². The van der Waals surface area contributed by atoms with Crippen LogP contribution in [0, 0.1) is 0 Å². The van der Waals surface area contributed by atoms with Gasteiger partial charge in [0, 0.05) is 43.0 Å². The lowest BCUT2D eigenvalue weighted by atomic mass is 10.0. The van der Waals surface area contributed by atoms with Crippen molar-refractivity contribution in [3.63, 3.8) is 0 Å². The van der Waals surface area contributed by atoms with Crippen LogP contribution < -0.4 is 5.43 Å². The average molecular weight is 333 g/mol. The number of hydrogen-bond donors (Lipinski definition) is 1. The van der Waals surface area contributed by atoms with Gasteiger partial charge in [-0.3, -0.25) is 9.80 Å². The van der Waals surface area contributed by atoms with Crippen molar-refractivity contribution in [3.8, 4) is 0 Å². The van der Waals surface area contributed by atoms with Crippen molar-refractivity contribution in [2.24, 2.45) is 7.05 Å². The van der Waals surface area contributed by atoms with E-state index in [4.69, 9.17) is 0 Å². The van der Waals surface area contributed by atoms with Crippen LogP contribution in [0.5, 0.6) is 0 Å². The molecule has 1 unspecified atom stereocenters. The van der Waals surface area contributed by atoms with Crippen LogP contribution in [0.15, 0.2) is 35.4 Å². The van der Waals surface area contributed by atoms with Gasteiger partial charge in [-0.2, -0.15) is 0 Å². The summed E-state index contributed by atoms with van der Waals surface area (Å²) in [6.07, 6.45) is 2.96. The quantitative estimate of drug-likeness (QED) is 0.899. The molecule has 1 atom stereocenters. The normalized spacial score (nSPS) is 19.7. The van der Waals surface area contributed by atoms with E-state index in [1.54, 1.807) is 14.0 Å². The number of nitrogens with zero attached hydrogens (tertiary/aromatic N) is 2. The number of fused-ring (bicyclic) bond motifs is 1. The van der Waals surface area contributed by atoms with E-state index in [2.05, 4.69) is 5.43 Å². The molecule has 0 fully saturated rings. The Labute approximate surface area is 135 Å². The van der Waals surface area contributed by atoms with Crippen molar-refractivity contribution in [2.75, 3.05) is 13.3 Å². The number of carbonyl (C=O) groups excluding carboxylic acids is 1. The van der Waals surface area contributed by atoms with Crippen molar-refractivity contribution < 1.29 is 13.2 Å². The van der Waals surface area contributed by atoms with E-state index in [1.165, 1.54) is 5.01 Å². The number of aromatic nitrogens is 1. The van der Waals surface area contributed by atoms with Crippen molar-refractivity contribution in [2.45, 2.75) is 13.0 Å². The highest BCUT2D eigenvalue weighted by molar-refractivity contribution is 7.94. The van der Waals surface area contributed by atoms with Crippen molar-refractivity contribution in [1.82, 2.24) is 15.0 Å². The highest BCUT2D eigenvalue weighted by Crippen LogP contribution is 2.34. The largest absolute Gasteiger partial charge is 0.350 e. The lowest BCUT2D eigenvalue weighted by Gasteiger charge is -2.32. The number of carbonyl (C=O) groups is 1. The summed E-state index contributed by atoms with van der Waals surface area (Å²) >= 11 is 0. The maximum absolute atomic E-state index is 12.7. The minimum atomic E-state index is -3.53. The first-order valence-corrected chi connectivity index (χ1v) is 9.14. The van der Waals surface area contributed by atoms with Crippen molar-refractivity contribution >= 4 is 32.2 Å². The third-order valence-electron chi connectivity index (χ3n) is 4.11. The van der Waals surface area contributed by atoms with Gasteiger partial charge < -0.3 is 4.57 Å². The van der Waals surface area contributed by atoms with Gasteiger partial charge in [0.1, 0.15) is 0 Å². The fourth-order valence-electron chi connectivity index (χ4n) is 3.19. The van der Waals surface area contributed by atoms with Gasteiger partial charge in [0.05, 0.1) is 16.5 Å². The molecule has 23 heavy (non-hydrogen) atoms. The standard InChI is InChI=1S/C16H19N3O3S/c1-10-15(23(4,21)22)14(16(20)19(3)17-10)12-9-18(2)13-8-6-5-7-11(12)13/h5-10,17H,1-4H3. The molecule has 1 aromatic heterocycles. The van der Waals surface area contributed by atoms with Crippen molar-refractivity contribution in [1.29, 1.82) is 0 Å². The Morgan fingerprint density at radius 1 is 1.17 bits per heavy atom. The summed E-state index contributed by atoms with van der Waals surface area (Å²) in [5.41, 5.74) is 4.72. The molecule has 7 heteroatoms. The van der Waals surface area contributed by atoms with Gasteiger partial charge in [-0.15, -0.1) is 0 Å². The zero-order valence-corrected chi connectivity index (χ0v) is 14.3. The first-order valence-electron chi connectivity index (χ1n) is 7.24. The summed E-state index contributed by atoms with van der Waals surface area (Å²) in [5.74, 6) is -0.347. The molecule has 0 aliphatic carbocycles. The predicted octanol–water partition coefficient (Wildman–Crippen LogP) is 1.30. The third kappa shape index (κ3) is 2.46. The summed E-state index contributed by atoms with van der Waals surface area (Å²) in [4.78, 5) is 12.8. The molecule has 122 valence electrons. The number of hydrogen-bond acceptors (Lipinski definition) is 4. The third-order valence-corrected chi connectivity index (χ3v) is 5.47. The molecule has 0 spiro atoms. The number of likely N-dealkylation sites (N-methyl/N-ethyl adjacent to an activating group) is 1. The SMILES string of the molecule is CC1NN(C)C(=O)C(c2cn(C)c3ccccc23)=C1S(C)(=O)=O. The van der Waals surface area contributed by atoms with Gasteiger partial charge >= 0.3 is 0 Å². The van der Waals surface area contributed by atoms with Gasteiger partial charge in [-0.1, -0.05) is 18.2 Å². The van der Waals surface area contributed by atoms with Crippen LogP contribution in [-0.2, 0) is 21.7 Å². The summed E-state index contributed by atoms with van der Waals surface area (Å²) in [5, 5.41) is 2.21. The molecule has 1 aromatic carbocycles. The second-order valence-corrected chi connectivity index (χ2v) is 7.88. The zero-order chi connectivity index (χ0) is 16.9. The predicted molar refractivity (Wildman–Crippen MR) is 90.1 cm³/mol. The Balaban J connectivity index is 2.42. The smallest absolute Gasteiger partial charge is 0.269 e. The molecule has 0 radical (unpaired) electrons. The molecular formula is C16H19N3O3S. The van der Waals surface area contributed by atoms with E-state index in [1.807, 2.05) is 42.1 Å². The highest BCUT2D eigenvalue weighted by Gasteiger charge is 2.36. The molecule has 1 aliphatic rings. The first kappa shape index (κ1) is 15.8. The number of amides is 1. The topological polar surface area (TPSA) is 71.4 Å². The molecule has 1 aliphatic heterocycles. The number of rotatable bonds is 2. The maximum Gasteiger partial charge on any atom is 0.269 e. The molecule has 0 bridgehead atoms. The second-order valence-electron chi connectivity index (χ2n) is 5.90. The van der Waals surface area contributed by atoms with Crippen LogP contribution in [0.2, 0.25) is 0 Å². The molecular weight excluding hydrogens is 314 g/mol. The van der Waals surface area contributed by atoms with Crippen molar-refractivity contribution in [3.05, 3.63) is 40.9 Å². The Morgan fingerprint density at radius 3 is 2.48 bits per heavy atom. The average Bonchev–Trinajstić information content (AvgIpc) is 2.79. The number of nitrogens with one attached hydrogen (secondary N) is 1. The van der Waals surface area contributed by atoms with E-state index >= 15 is 0 Å². The monoisotopic (exact) mass is 333 g/mol. The number of sulfone groups is 1. The maximum atomic E-state index is 12.7. The summed E-state index contributed by atoms with van der Waals surface area (Å²) < 4.78 is 26.5. The lowest BCUT2D eigenvalue weighted by Crippen LogP contribution is -2.51. The van der Waals surface area contributed by atoms with E-state index < -0.39 is 15.9 Å². The van der Waals surface area contributed by atoms with Gasteiger partial charge in [0.25, 0.3) is 5.91 Å².